The van der Waals surface area contributed by atoms with Gasteiger partial charge in [0.05, 0.1) is 5.92 Å². The standard InChI is InChI=1S/C14H15NO3S/c1-9(16)15-8-11(14(17)18)7-12-6-10-4-2-3-5-13(10)19-12/h2-6,11H,7-8H2,1H3,(H,15,16)(H,17,18). The Kier molecular flexibility index (Phi) is 4.16. The second-order valence-corrected chi connectivity index (χ2v) is 5.60. The van der Waals surface area contributed by atoms with Crippen molar-refractivity contribution in [2.24, 2.45) is 5.92 Å². The van der Waals surface area contributed by atoms with E-state index in [1.165, 1.54) is 6.92 Å². The first kappa shape index (κ1) is 13.5. The van der Waals surface area contributed by atoms with Crippen LogP contribution in [0.15, 0.2) is 30.3 Å². The minimum Gasteiger partial charge on any atom is -0.481 e. The minimum absolute atomic E-state index is 0.166. The van der Waals surface area contributed by atoms with Crippen LogP contribution in [-0.2, 0) is 16.0 Å². The minimum atomic E-state index is -0.883. The molecule has 4 nitrogen and oxygen atoms in total. The molecule has 1 aromatic heterocycles. The summed E-state index contributed by atoms with van der Waals surface area (Å²) in [6.45, 7) is 1.55. The fourth-order valence-electron chi connectivity index (χ4n) is 1.89. The summed E-state index contributed by atoms with van der Waals surface area (Å²) in [5, 5.41) is 12.9. The molecule has 0 saturated carbocycles. The van der Waals surface area contributed by atoms with Crippen molar-refractivity contribution in [3.05, 3.63) is 35.2 Å². The predicted octanol–water partition coefficient (Wildman–Crippen LogP) is 2.28. The number of nitrogens with one attached hydrogen (secondary N) is 1. The Labute approximate surface area is 115 Å². The molecule has 1 unspecified atom stereocenters. The molecule has 0 aliphatic heterocycles. The van der Waals surface area contributed by atoms with Gasteiger partial charge in [-0.05, 0) is 23.9 Å². The highest BCUT2D eigenvalue weighted by molar-refractivity contribution is 7.19. The number of aliphatic carboxylic acids is 1. The number of hydrogen-bond acceptors (Lipinski definition) is 3. The summed E-state index contributed by atoms with van der Waals surface area (Å²) in [4.78, 5) is 23.1. The lowest BCUT2D eigenvalue weighted by molar-refractivity contribution is -0.141. The SMILES string of the molecule is CC(=O)NCC(Cc1cc2ccccc2s1)C(=O)O. The molecule has 1 aromatic carbocycles. The molecule has 0 aliphatic rings. The van der Waals surface area contributed by atoms with Crippen LogP contribution in [0.3, 0.4) is 0 Å². The van der Waals surface area contributed by atoms with Crippen LogP contribution >= 0.6 is 11.3 Å². The Morgan fingerprint density at radius 2 is 2.11 bits per heavy atom. The second kappa shape index (κ2) is 5.84. The van der Waals surface area contributed by atoms with Gasteiger partial charge in [-0.1, -0.05) is 18.2 Å². The van der Waals surface area contributed by atoms with Crippen molar-refractivity contribution in [2.45, 2.75) is 13.3 Å². The zero-order valence-electron chi connectivity index (χ0n) is 10.6. The average Bonchev–Trinajstić information content (AvgIpc) is 2.76. The van der Waals surface area contributed by atoms with Gasteiger partial charge in [0.15, 0.2) is 0 Å². The molecular formula is C14H15NO3S. The molecule has 0 aliphatic carbocycles. The van der Waals surface area contributed by atoms with Crippen LogP contribution in [-0.4, -0.2) is 23.5 Å². The molecule has 0 spiro atoms. The van der Waals surface area contributed by atoms with E-state index < -0.39 is 11.9 Å². The first-order valence-electron chi connectivity index (χ1n) is 6.01. The Balaban J connectivity index is 2.11. The Morgan fingerprint density at radius 1 is 1.37 bits per heavy atom. The lowest BCUT2D eigenvalue weighted by atomic mass is 10.0. The van der Waals surface area contributed by atoms with Gasteiger partial charge in [-0.15, -0.1) is 11.3 Å². The van der Waals surface area contributed by atoms with Gasteiger partial charge in [-0.3, -0.25) is 9.59 Å². The maximum absolute atomic E-state index is 11.2. The van der Waals surface area contributed by atoms with Gasteiger partial charge < -0.3 is 10.4 Å². The Morgan fingerprint density at radius 3 is 2.74 bits per heavy atom. The normalized spacial score (nSPS) is 12.3. The fourth-order valence-corrected chi connectivity index (χ4v) is 3.04. The van der Waals surface area contributed by atoms with E-state index in [-0.39, 0.29) is 12.5 Å². The predicted molar refractivity (Wildman–Crippen MR) is 75.3 cm³/mol. The van der Waals surface area contributed by atoms with Gasteiger partial charge in [-0.2, -0.15) is 0 Å². The Bertz CT molecular complexity index is 573. The summed E-state index contributed by atoms with van der Waals surface area (Å²) >= 11 is 1.60. The molecule has 1 amide bonds. The number of benzene rings is 1. The van der Waals surface area contributed by atoms with Crippen molar-refractivity contribution in [1.82, 2.24) is 5.32 Å². The van der Waals surface area contributed by atoms with Crippen LogP contribution in [0.2, 0.25) is 0 Å². The van der Waals surface area contributed by atoms with E-state index in [4.69, 9.17) is 0 Å². The Hall–Kier alpha value is -1.88. The van der Waals surface area contributed by atoms with E-state index in [1.54, 1.807) is 11.3 Å². The van der Waals surface area contributed by atoms with E-state index in [0.717, 1.165) is 15.0 Å². The zero-order valence-corrected chi connectivity index (χ0v) is 11.4. The molecule has 19 heavy (non-hydrogen) atoms. The van der Waals surface area contributed by atoms with Crippen molar-refractivity contribution < 1.29 is 14.7 Å². The number of amides is 1. The van der Waals surface area contributed by atoms with E-state index in [0.29, 0.717) is 6.42 Å². The van der Waals surface area contributed by atoms with Gasteiger partial charge >= 0.3 is 5.97 Å². The molecule has 5 heteroatoms. The number of fused-ring (bicyclic) bond motifs is 1. The molecular weight excluding hydrogens is 262 g/mol. The number of carbonyl (C=O) groups is 2. The van der Waals surface area contributed by atoms with Crippen molar-refractivity contribution in [2.75, 3.05) is 6.54 Å². The van der Waals surface area contributed by atoms with E-state index in [9.17, 15) is 14.7 Å². The summed E-state index contributed by atoms with van der Waals surface area (Å²) in [7, 11) is 0. The third-order valence-corrected chi connectivity index (χ3v) is 4.01. The van der Waals surface area contributed by atoms with E-state index >= 15 is 0 Å². The second-order valence-electron chi connectivity index (χ2n) is 4.43. The van der Waals surface area contributed by atoms with Crippen LogP contribution in [0.5, 0.6) is 0 Å². The third-order valence-electron chi connectivity index (χ3n) is 2.87. The smallest absolute Gasteiger partial charge is 0.308 e. The van der Waals surface area contributed by atoms with Crippen molar-refractivity contribution >= 4 is 33.3 Å². The highest BCUT2D eigenvalue weighted by Crippen LogP contribution is 2.27. The lowest BCUT2D eigenvalue weighted by Crippen LogP contribution is -2.32. The largest absolute Gasteiger partial charge is 0.481 e. The molecule has 1 heterocycles. The summed E-state index contributed by atoms with van der Waals surface area (Å²) < 4.78 is 1.15. The molecule has 1 atom stereocenters. The van der Waals surface area contributed by atoms with E-state index in [2.05, 4.69) is 5.32 Å². The van der Waals surface area contributed by atoms with Crippen molar-refractivity contribution in [1.29, 1.82) is 0 Å². The zero-order chi connectivity index (χ0) is 13.8. The van der Waals surface area contributed by atoms with Crippen LogP contribution in [0.4, 0.5) is 0 Å². The van der Waals surface area contributed by atoms with Gasteiger partial charge in [0.1, 0.15) is 0 Å². The van der Waals surface area contributed by atoms with Crippen molar-refractivity contribution in [3.8, 4) is 0 Å². The monoisotopic (exact) mass is 277 g/mol. The molecule has 0 bridgehead atoms. The molecule has 2 N–H and O–H groups in total. The summed E-state index contributed by atoms with van der Waals surface area (Å²) in [5.41, 5.74) is 0. The highest BCUT2D eigenvalue weighted by atomic mass is 32.1. The molecule has 100 valence electrons. The van der Waals surface area contributed by atoms with Crippen LogP contribution in [0.25, 0.3) is 10.1 Å². The maximum Gasteiger partial charge on any atom is 0.308 e. The van der Waals surface area contributed by atoms with Crippen LogP contribution in [0.1, 0.15) is 11.8 Å². The number of carboxylic acid groups (broad SMARTS) is 1. The fraction of sp³-hybridized carbons (Fsp3) is 0.286. The quantitative estimate of drug-likeness (QED) is 0.881. The maximum atomic E-state index is 11.2. The molecule has 0 fully saturated rings. The van der Waals surface area contributed by atoms with Gasteiger partial charge in [-0.25, -0.2) is 0 Å². The molecule has 2 aromatic rings. The molecule has 0 saturated heterocycles. The van der Waals surface area contributed by atoms with Crippen LogP contribution in [0, 0.1) is 5.92 Å². The summed E-state index contributed by atoms with van der Waals surface area (Å²) in [6, 6.07) is 9.98. The van der Waals surface area contributed by atoms with Gasteiger partial charge in [0.2, 0.25) is 5.91 Å². The number of hydrogen-bond donors (Lipinski definition) is 2. The number of thiophene rings is 1. The number of carbonyl (C=O) groups excluding carboxylic acids is 1. The number of carboxylic acids is 1. The van der Waals surface area contributed by atoms with Gasteiger partial charge in [0.25, 0.3) is 0 Å². The highest BCUT2D eigenvalue weighted by Gasteiger charge is 2.19. The first-order chi connectivity index (χ1) is 9.06. The first-order valence-corrected chi connectivity index (χ1v) is 6.82. The summed E-state index contributed by atoms with van der Waals surface area (Å²) in [6.07, 6.45) is 0.439. The van der Waals surface area contributed by atoms with Gasteiger partial charge in [0, 0.05) is 23.0 Å². The van der Waals surface area contributed by atoms with Crippen molar-refractivity contribution in [3.63, 3.8) is 0 Å². The molecule has 0 radical (unpaired) electrons. The topological polar surface area (TPSA) is 66.4 Å². The summed E-state index contributed by atoms with van der Waals surface area (Å²) in [5.74, 6) is -1.68. The molecule has 2 rings (SSSR count). The lowest BCUT2D eigenvalue weighted by Gasteiger charge is -2.11. The van der Waals surface area contributed by atoms with Crippen LogP contribution < -0.4 is 5.32 Å². The number of rotatable bonds is 5. The average molecular weight is 277 g/mol. The third kappa shape index (κ3) is 3.54. The van der Waals surface area contributed by atoms with E-state index in [1.807, 2.05) is 30.3 Å².